The van der Waals surface area contributed by atoms with Crippen molar-refractivity contribution in [2.45, 2.75) is 125 Å². The summed E-state index contributed by atoms with van der Waals surface area (Å²) < 4.78 is 113. The van der Waals surface area contributed by atoms with Gasteiger partial charge in [0.1, 0.15) is 20.1 Å². The van der Waals surface area contributed by atoms with Crippen LogP contribution >= 0.6 is 93.5 Å². The molecular formula is C68H68Cl4N16O8S8. The molecule has 0 spiro atoms. The van der Waals surface area contributed by atoms with Crippen molar-refractivity contribution in [3.05, 3.63) is 186 Å². The van der Waals surface area contributed by atoms with Gasteiger partial charge in [-0.2, -0.15) is 20.4 Å². The smallest absolute Gasteiger partial charge is 0.213 e. The van der Waals surface area contributed by atoms with E-state index < -0.39 is 39.3 Å². The van der Waals surface area contributed by atoms with Crippen molar-refractivity contribution in [2.24, 2.45) is 0 Å². The molecular weight excluding hydrogens is 1570 g/mol. The number of sulfone groups is 4. The van der Waals surface area contributed by atoms with Crippen LogP contribution < -0.4 is 10.6 Å². The van der Waals surface area contributed by atoms with Crippen LogP contribution in [-0.4, -0.2) is 167 Å². The van der Waals surface area contributed by atoms with Gasteiger partial charge in [-0.1, -0.05) is 70.7 Å². The number of nitrogens with zero attached hydrogens (tertiary/aromatic N) is 14. The van der Waals surface area contributed by atoms with Crippen molar-refractivity contribution >= 4 is 155 Å². The van der Waals surface area contributed by atoms with Crippen molar-refractivity contribution < 1.29 is 33.7 Å². The zero-order valence-corrected chi connectivity index (χ0v) is 66.7. The van der Waals surface area contributed by atoms with E-state index in [1.807, 2.05) is 38.9 Å². The second-order valence-electron chi connectivity index (χ2n) is 24.7. The number of halogens is 4. The van der Waals surface area contributed by atoms with Gasteiger partial charge in [-0.25, -0.2) is 71.7 Å². The van der Waals surface area contributed by atoms with E-state index in [0.29, 0.717) is 69.3 Å². The SMILES string of the molecule is CSc1nn2c3c(c(C)nc2c1S(=O)(=O)c1cccc(Cl)c1)CN(C)CC3.CSc1nn2c3c(c(C)nc2c1S(=O)(=O)c1cccc(Cl)c1)CNCC3.CSc1nn2c3c(cnc2c1S(=O)(=O)c1cccc(Cl)c1)CN(C)CC3.CSc1nn2c3c(cnc2c1S(=O)(=O)c1cccc(Cl)c1)CNCC3. The standard InChI is InChI=1S/C18H19ClN4O2S2.2C17H17ClN4O2S2.C16H15ClN4O2S2/c1-11-14-10-22(2)8-7-15(14)23-17(20-11)16(18(21-23)26-3)27(24,25)13-6-4-5-12(19)9-13;1-21-7-6-14-11(10-21)9-19-16-15(17(25-2)20-22(14)16)26(23,24)13-5-3-4-12(18)8-13;1-10-13-9-19-7-6-14(13)22-16(20-10)15(17(21-22)25-2)26(23,24)12-5-3-4-11(18)8-12;1-24-16-14(25(22,23)12-4-2-3-11(17)7-12)15-19-9-10-8-18-6-5-13(10)21(15)20-16/h4-6,9H,7-8,10H2,1-3H3;3-5,8-9H,6-7,10H2,1-2H3;3-5,8,19H,6-7,9H2,1-2H3;2-4,7,9,18H,5-6,8H2,1H3. The largest absolute Gasteiger partial charge is 0.312 e. The van der Waals surface area contributed by atoms with Gasteiger partial charge in [0, 0.05) is 144 Å². The molecule has 544 valence electrons. The van der Waals surface area contributed by atoms with Crippen LogP contribution in [0.3, 0.4) is 0 Å². The highest BCUT2D eigenvalue weighted by Crippen LogP contribution is 2.40. The number of thioether (sulfide) groups is 4. The Balaban J connectivity index is 0.000000123. The molecule has 0 fully saturated rings. The lowest BCUT2D eigenvalue weighted by Crippen LogP contribution is -2.29. The van der Waals surface area contributed by atoms with E-state index in [1.54, 1.807) is 97.2 Å². The fraction of sp³-hybridized carbons (Fsp3) is 0.294. The van der Waals surface area contributed by atoms with Gasteiger partial charge < -0.3 is 20.4 Å². The van der Waals surface area contributed by atoms with Gasteiger partial charge in [0.05, 0.1) is 42.4 Å². The molecule has 0 aliphatic carbocycles. The van der Waals surface area contributed by atoms with E-state index in [4.69, 9.17) is 46.4 Å². The van der Waals surface area contributed by atoms with Crippen LogP contribution in [0, 0.1) is 13.8 Å². The van der Waals surface area contributed by atoms with Gasteiger partial charge in [0.2, 0.25) is 39.3 Å². The first-order valence-corrected chi connectivity index (χ1v) is 44.6. The first-order valence-electron chi connectivity index (χ1n) is 32.3. The lowest BCUT2D eigenvalue weighted by Gasteiger charge is -2.26. The van der Waals surface area contributed by atoms with E-state index in [-0.39, 0.29) is 39.2 Å². The summed E-state index contributed by atoms with van der Waals surface area (Å²) in [6.07, 6.45) is 13.9. The fourth-order valence-electron chi connectivity index (χ4n) is 12.9. The van der Waals surface area contributed by atoms with Crippen LogP contribution in [0.4, 0.5) is 0 Å². The van der Waals surface area contributed by atoms with Gasteiger partial charge in [0.15, 0.2) is 42.2 Å². The molecule has 4 aliphatic rings. The Hall–Kier alpha value is -6.44. The number of hydrogen-bond donors (Lipinski definition) is 2. The first kappa shape index (κ1) is 75.8. The molecule has 0 radical (unpaired) electrons. The van der Waals surface area contributed by atoms with Gasteiger partial charge in [-0.3, -0.25) is 0 Å². The lowest BCUT2D eigenvalue weighted by molar-refractivity contribution is 0.306. The van der Waals surface area contributed by atoms with E-state index >= 15 is 0 Å². The predicted molar refractivity (Wildman–Crippen MR) is 407 cm³/mol. The summed E-state index contributed by atoms with van der Waals surface area (Å²) in [5.74, 6) is 0. The Bertz CT molecular complexity index is 5900. The van der Waals surface area contributed by atoms with E-state index in [1.165, 1.54) is 77.4 Å². The average molecular weight is 1640 g/mol. The fourth-order valence-corrected chi connectivity index (χ4v) is 23.7. The maximum Gasteiger partial charge on any atom is 0.213 e. The molecule has 104 heavy (non-hydrogen) atoms. The topological polar surface area (TPSA) is 288 Å². The zero-order valence-electron chi connectivity index (χ0n) is 57.2. The molecule has 36 heteroatoms. The number of hydrogen-bond acceptors (Lipinski definition) is 24. The van der Waals surface area contributed by atoms with Crippen molar-refractivity contribution in [1.82, 2.24) is 78.8 Å². The second kappa shape index (κ2) is 30.7. The quantitative estimate of drug-likeness (QED) is 0.107. The Kier molecular flexibility index (Phi) is 22.3. The van der Waals surface area contributed by atoms with Crippen molar-refractivity contribution in [3.63, 3.8) is 0 Å². The molecule has 4 aliphatic heterocycles. The van der Waals surface area contributed by atoms with Crippen LogP contribution in [0.5, 0.6) is 0 Å². The maximum absolute atomic E-state index is 13.4. The highest BCUT2D eigenvalue weighted by Gasteiger charge is 2.36. The number of aromatic nitrogens is 12. The number of fused-ring (bicyclic) bond motifs is 12. The predicted octanol–water partition coefficient (Wildman–Crippen LogP) is 11.6. The van der Waals surface area contributed by atoms with Crippen LogP contribution in [0.25, 0.3) is 22.6 Å². The van der Waals surface area contributed by atoms with Gasteiger partial charge in [-0.15, -0.1) is 47.0 Å². The molecule has 4 aromatic carbocycles. The molecule has 0 saturated heterocycles. The number of benzene rings is 4. The number of nitrogens with one attached hydrogen (secondary N) is 2. The van der Waals surface area contributed by atoms with Crippen molar-refractivity contribution in [3.8, 4) is 0 Å². The molecule has 0 saturated carbocycles. The summed E-state index contributed by atoms with van der Waals surface area (Å²) in [4.78, 5) is 23.8. The third kappa shape index (κ3) is 14.4. The van der Waals surface area contributed by atoms with Gasteiger partial charge in [0.25, 0.3) is 0 Å². The first-order chi connectivity index (χ1) is 49.7. The van der Waals surface area contributed by atoms with Gasteiger partial charge in [-0.05, 0) is 126 Å². The van der Waals surface area contributed by atoms with Crippen LogP contribution in [0.1, 0.15) is 56.4 Å². The van der Waals surface area contributed by atoms with E-state index in [2.05, 4.69) is 74.9 Å². The second-order valence-corrected chi connectivity index (χ2v) is 37.1. The summed E-state index contributed by atoms with van der Waals surface area (Å²) in [6, 6.07) is 25.1. The average Bonchev–Trinajstić information content (AvgIpc) is 1.59. The molecule has 12 heterocycles. The third-order valence-electron chi connectivity index (χ3n) is 18.0. The lowest BCUT2D eigenvalue weighted by atomic mass is 10.0. The molecule has 0 bridgehead atoms. The number of likely N-dealkylation sites (N-methyl/N-ethyl adjacent to an activating group) is 2. The van der Waals surface area contributed by atoms with E-state index in [9.17, 15) is 33.7 Å². The number of aryl methyl sites for hydroxylation is 2. The minimum Gasteiger partial charge on any atom is -0.312 e. The Morgan fingerprint density at radius 3 is 1.13 bits per heavy atom. The van der Waals surface area contributed by atoms with Crippen molar-refractivity contribution in [2.75, 3.05) is 65.3 Å². The highest BCUT2D eigenvalue weighted by molar-refractivity contribution is 8.00. The zero-order chi connectivity index (χ0) is 73.9. The Labute approximate surface area is 638 Å². The normalized spacial score (nSPS) is 15.0. The Morgan fingerprint density at radius 2 is 0.731 bits per heavy atom. The Morgan fingerprint density at radius 1 is 0.404 bits per heavy atom. The summed E-state index contributed by atoms with van der Waals surface area (Å²) in [7, 11) is -11.0. The molecule has 8 aromatic heterocycles. The summed E-state index contributed by atoms with van der Waals surface area (Å²) >= 11 is 29.2. The summed E-state index contributed by atoms with van der Waals surface area (Å²) in [5.41, 5.74) is 11.6. The van der Waals surface area contributed by atoms with Gasteiger partial charge >= 0.3 is 0 Å². The van der Waals surface area contributed by atoms with Crippen molar-refractivity contribution in [1.29, 1.82) is 0 Å². The minimum absolute atomic E-state index is 0.142. The monoisotopic (exact) mass is 1630 g/mol. The number of rotatable bonds is 12. The summed E-state index contributed by atoms with van der Waals surface area (Å²) in [6.45, 7) is 10.3. The molecule has 0 amide bonds. The van der Waals surface area contributed by atoms with E-state index in [0.717, 1.165) is 128 Å². The molecule has 0 unspecified atom stereocenters. The minimum atomic E-state index is -3.80. The highest BCUT2D eigenvalue weighted by atomic mass is 35.5. The van der Waals surface area contributed by atoms with Crippen LogP contribution in [-0.2, 0) is 91.2 Å². The molecule has 2 N–H and O–H groups in total. The summed E-state index contributed by atoms with van der Waals surface area (Å²) in [5, 5.41) is 28.2. The molecule has 0 atom stereocenters. The van der Waals surface area contributed by atoms with Crippen LogP contribution in [0.2, 0.25) is 20.1 Å². The molecule has 16 rings (SSSR count). The van der Waals surface area contributed by atoms with Crippen LogP contribution in [0.15, 0.2) is 169 Å². The third-order valence-corrected chi connectivity index (χ3v) is 29.3. The molecule has 12 aromatic rings. The molecule has 24 nitrogen and oxygen atoms in total. The maximum atomic E-state index is 13.4.